The molecule has 0 aliphatic carbocycles. The molecule has 9 rings (SSSR count). The maximum Gasteiger partial charge on any atom is 0.299 e. The van der Waals surface area contributed by atoms with Gasteiger partial charge in [0.05, 0.1) is 10.9 Å². The maximum absolute atomic E-state index is 6.33. The standard InChI is InChI=1S/C34H25NO2P/c1-34(2,3)19-9-10-20-18(17-19)8-15-26-27(20)22-12-14-25-29-30-28-24(36-33(30)37-25)13-11-21(31(28)38(26)32(22)29)23-7-5-6-16-35(23)4/h5-17H,1-4H3/q+1. The van der Waals surface area contributed by atoms with E-state index in [2.05, 4.69) is 111 Å². The van der Waals surface area contributed by atoms with Gasteiger partial charge in [0, 0.05) is 43.6 Å². The van der Waals surface area contributed by atoms with Crippen molar-refractivity contribution in [2.45, 2.75) is 26.2 Å². The van der Waals surface area contributed by atoms with Crippen LogP contribution in [0.1, 0.15) is 26.3 Å². The molecule has 4 heteroatoms. The molecule has 0 radical (unpaired) electrons. The summed E-state index contributed by atoms with van der Waals surface area (Å²) in [5.41, 5.74) is 5.82. The van der Waals surface area contributed by atoms with E-state index in [0.717, 1.165) is 16.6 Å². The Morgan fingerprint density at radius 3 is 2.26 bits per heavy atom. The summed E-state index contributed by atoms with van der Waals surface area (Å²) in [6.07, 6.45) is 2.13. The molecule has 0 fully saturated rings. The SMILES string of the molecule is C[n+]1ccccc1-c1ccc2oc3oc4ccc5c6c7ccc(C(C)(C)C)cc7ccc6p6c1c2c3c4c56. The van der Waals surface area contributed by atoms with Gasteiger partial charge in [0.1, 0.15) is 18.2 Å². The highest BCUT2D eigenvalue weighted by Crippen LogP contribution is 2.61. The van der Waals surface area contributed by atoms with Crippen LogP contribution in [-0.2, 0) is 12.5 Å². The lowest BCUT2D eigenvalue weighted by atomic mass is 9.85. The molecule has 3 nitrogen and oxygen atoms in total. The fourth-order valence-corrected chi connectivity index (χ4v) is 9.88. The first-order chi connectivity index (χ1) is 18.4. The highest BCUT2D eigenvalue weighted by Gasteiger charge is 2.29. The van der Waals surface area contributed by atoms with Gasteiger partial charge < -0.3 is 8.83 Å². The second kappa shape index (κ2) is 6.67. The summed E-state index contributed by atoms with van der Waals surface area (Å²) in [5.74, 6) is 0.643. The van der Waals surface area contributed by atoms with E-state index in [1.165, 1.54) is 64.5 Å². The zero-order valence-corrected chi connectivity index (χ0v) is 22.6. The lowest BCUT2D eigenvalue weighted by Crippen LogP contribution is -2.29. The predicted octanol–water partition coefficient (Wildman–Crippen LogP) is 9.89. The minimum Gasteiger partial charge on any atom is -0.425 e. The third-order valence-electron chi connectivity index (χ3n) is 8.54. The number of hydrogen-bond acceptors (Lipinski definition) is 2. The molecule has 0 N–H and O–H groups in total. The summed E-state index contributed by atoms with van der Waals surface area (Å²) in [7, 11) is 1.35. The molecule has 5 aromatic heterocycles. The molecule has 1 unspecified atom stereocenters. The van der Waals surface area contributed by atoms with Crippen LogP contribution in [0.5, 0.6) is 0 Å². The van der Waals surface area contributed by atoms with E-state index in [0.29, 0.717) is 5.78 Å². The summed E-state index contributed by atoms with van der Waals surface area (Å²) in [6.45, 7) is 6.86. The van der Waals surface area contributed by atoms with Crippen LogP contribution in [0, 0.1) is 0 Å². The number of benzene rings is 4. The fraction of sp³-hybridized carbons (Fsp3) is 0.147. The van der Waals surface area contributed by atoms with E-state index in [1.54, 1.807) is 0 Å². The van der Waals surface area contributed by atoms with E-state index in [4.69, 9.17) is 8.83 Å². The van der Waals surface area contributed by atoms with Gasteiger partial charge in [0.25, 0.3) is 5.78 Å². The van der Waals surface area contributed by atoms with Gasteiger partial charge in [-0.05, 0) is 63.5 Å². The predicted molar refractivity (Wildman–Crippen MR) is 159 cm³/mol. The number of pyridine rings is 1. The van der Waals surface area contributed by atoms with E-state index in [1.807, 2.05) is 0 Å². The molecule has 9 aromatic rings. The summed E-state index contributed by atoms with van der Waals surface area (Å²) in [6, 6.07) is 27.0. The Hall–Kier alpha value is -4.07. The smallest absolute Gasteiger partial charge is 0.299 e. The number of aryl methyl sites for hydroxylation is 1. The van der Waals surface area contributed by atoms with E-state index in [-0.39, 0.29) is 5.41 Å². The Morgan fingerprint density at radius 2 is 1.47 bits per heavy atom. The molecule has 0 saturated carbocycles. The molecular formula is C34H25NO2P+. The number of fused-ring (bicyclic) bond motifs is 6. The number of hydrogen-bond donors (Lipinski definition) is 0. The van der Waals surface area contributed by atoms with Crippen LogP contribution < -0.4 is 4.57 Å². The van der Waals surface area contributed by atoms with E-state index < -0.39 is 7.34 Å². The molecule has 0 bridgehead atoms. The van der Waals surface area contributed by atoms with E-state index >= 15 is 0 Å². The van der Waals surface area contributed by atoms with Gasteiger partial charge in [-0.25, -0.2) is 4.57 Å². The van der Waals surface area contributed by atoms with Gasteiger partial charge >= 0.3 is 0 Å². The molecule has 0 saturated heterocycles. The third-order valence-corrected chi connectivity index (χ3v) is 11.2. The third kappa shape index (κ3) is 2.40. The quantitative estimate of drug-likeness (QED) is 0.162. The number of rotatable bonds is 1. The van der Waals surface area contributed by atoms with Gasteiger partial charge in [-0.2, -0.15) is 0 Å². The van der Waals surface area contributed by atoms with Gasteiger partial charge in [-0.1, -0.05) is 52.4 Å². The molecule has 0 spiro atoms. The molecule has 4 aromatic carbocycles. The Labute approximate surface area is 219 Å². The first-order valence-corrected chi connectivity index (χ1v) is 14.5. The Bertz CT molecular complexity index is 2390. The molecule has 5 heterocycles. The molecular weight excluding hydrogens is 485 g/mol. The first kappa shape index (κ1) is 20.9. The lowest BCUT2D eigenvalue weighted by Gasteiger charge is -2.19. The fourth-order valence-electron chi connectivity index (χ4n) is 6.73. The van der Waals surface area contributed by atoms with Crippen molar-refractivity contribution < 1.29 is 13.4 Å². The Morgan fingerprint density at radius 1 is 0.711 bits per heavy atom. The number of aromatic nitrogens is 1. The van der Waals surface area contributed by atoms with Gasteiger partial charge in [-0.15, -0.1) is 0 Å². The summed E-state index contributed by atoms with van der Waals surface area (Å²) < 4.78 is 14.9. The lowest BCUT2D eigenvalue weighted by molar-refractivity contribution is -0.660. The molecule has 0 aliphatic rings. The van der Waals surface area contributed by atoms with Crippen molar-refractivity contribution in [3.05, 3.63) is 84.6 Å². The molecule has 0 aliphatic heterocycles. The first-order valence-electron chi connectivity index (χ1n) is 13.2. The average Bonchev–Trinajstić information content (AvgIpc) is 3.55. The van der Waals surface area contributed by atoms with Crippen LogP contribution in [0.3, 0.4) is 0 Å². The molecule has 1 atom stereocenters. The highest BCUT2D eigenvalue weighted by molar-refractivity contribution is 7.64. The van der Waals surface area contributed by atoms with Crippen LogP contribution in [0.15, 0.2) is 87.8 Å². The van der Waals surface area contributed by atoms with Crippen LogP contribution in [0.2, 0.25) is 0 Å². The second-order valence-electron chi connectivity index (χ2n) is 11.7. The Kier molecular flexibility index (Phi) is 3.68. The highest BCUT2D eigenvalue weighted by atomic mass is 31.1. The van der Waals surface area contributed by atoms with Crippen molar-refractivity contribution in [1.82, 2.24) is 0 Å². The van der Waals surface area contributed by atoms with Crippen LogP contribution in [0.4, 0.5) is 0 Å². The van der Waals surface area contributed by atoms with Gasteiger partial charge in [0.15, 0.2) is 6.20 Å². The van der Waals surface area contributed by atoms with Crippen LogP contribution in [-0.4, -0.2) is 0 Å². The van der Waals surface area contributed by atoms with Crippen molar-refractivity contribution in [1.29, 1.82) is 0 Å². The van der Waals surface area contributed by atoms with Crippen molar-refractivity contribution in [2.24, 2.45) is 7.05 Å². The van der Waals surface area contributed by atoms with Crippen molar-refractivity contribution in [3.8, 4) is 11.3 Å². The molecule has 0 amide bonds. The summed E-state index contributed by atoms with van der Waals surface area (Å²) >= 11 is 0. The zero-order chi connectivity index (χ0) is 25.5. The minimum absolute atomic E-state index is 0.112. The average molecular weight is 511 g/mol. The zero-order valence-electron chi connectivity index (χ0n) is 21.7. The van der Waals surface area contributed by atoms with Crippen LogP contribution >= 0.6 is 7.34 Å². The topological polar surface area (TPSA) is 30.2 Å². The number of furan rings is 2. The summed E-state index contributed by atoms with van der Waals surface area (Å²) in [5, 5.41) is 13.3. The Balaban J connectivity index is 1.58. The second-order valence-corrected chi connectivity index (χ2v) is 13.8. The van der Waals surface area contributed by atoms with Crippen molar-refractivity contribution in [3.63, 3.8) is 0 Å². The largest absolute Gasteiger partial charge is 0.425 e. The number of nitrogens with zero attached hydrogens (tertiary/aromatic N) is 1. The van der Waals surface area contributed by atoms with E-state index in [9.17, 15) is 0 Å². The molecule has 38 heavy (non-hydrogen) atoms. The summed E-state index contributed by atoms with van der Waals surface area (Å²) in [4.78, 5) is 0. The minimum atomic E-state index is -0.785. The van der Waals surface area contributed by atoms with Gasteiger partial charge in [0.2, 0.25) is 5.69 Å². The normalized spacial score (nSPS) is 13.7. The van der Waals surface area contributed by atoms with Gasteiger partial charge in [-0.3, -0.25) is 0 Å². The maximum atomic E-state index is 6.33. The van der Waals surface area contributed by atoms with Crippen molar-refractivity contribution in [2.75, 3.05) is 0 Å². The monoisotopic (exact) mass is 510 g/mol. The molecule has 182 valence electrons. The van der Waals surface area contributed by atoms with Crippen LogP contribution in [0.25, 0.3) is 81.3 Å². The van der Waals surface area contributed by atoms with Crippen molar-refractivity contribution >= 4 is 77.3 Å².